The number of hydrogen-bond acceptors (Lipinski definition) is 5. The van der Waals surface area contributed by atoms with Crippen LogP contribution in [-0.2, 0) is 13.0 Å². The van der Waals surface area contributed by atoms with Gasteiger partial charge in [0, 0.05) is 24.5 Å². The number of benzene rings is 3. The molecule has 3 aromatic heterocycles. The normalized spacial score (nSPS) is 12.1. The number of aromatic amines is 1. The SMILES string of the molecule is COc1ccc(C(I)c2n[nH]nc2-c2ccnc(-c3cn(CCc4cccc5ccccc45)cn3)c2)cc1. The van der Waals surface area contributed by atoms with Gasteiger partial charge in [-0.3, -0.25) is 4.98 Å². The lowest BCUT2D eigenvalue weighted by atomic mass is 10.0. The van der Waals surface area contributed by atoms with Crippen LogP contribution in [0.25, 0.3) is 33.4 Å². The minimum atomic E-state index is 0.0251. The van der Waals surface area contributed by atoms with Crippen LogP contribution >= 0.6 is 22.6 Å². The second-order valence-electron chi connectivity index (χ2n) is 9.01. The lowest BCUT2D eigenvalue weighted by molar-refractivity contribution is 0.414. The summed E-state index contributed by atoms with van der Waals surface area (Å²) in [6.07, 6.45) is 6.66. The highest BCUT2D eigenvalue weighted by Gasteiger charge is 2.21. The van der Waals surface area contributed by atoms with E-state index in [1.54, 1.807) is 13.3 Å². The minimum absolute atomic E-state index is 0.0251. The van der Waals surface area contributed by atoms with Gasteiger partial charge in [0.15, 0.2) is 0 Å². The molecule has 6 rings (SSSR count). The summed E-state index contributed by atoms with van der Waals surface area (Å²) in [5.74, 6) is 0.827. The number of aromatic nitrogens is 6. The minimum Gasteiger partial charge on any atom is -0.497 e. The van der Waals surface area contributed by atoms with Gasteiger partial charge in [0.1, 0.15) is 22.8 Å². The van der Waals surface area contributed by atoms with Crippen LogP contribution in [0.4, 0.5) is 0 Å². The Labute approximate surface area is 234 Å². The third-order valence-corrected chi connectivity index (χ3v) is 7.98. The zero-order chi connectivity index (χ0) is 25.9. The molecule has 0 aliphatic carbocycles. The van der Waals surface area contributed by atoms with Crippen molar-refractivity contribution in [2.75, 3.05) is 7.11 Å². The van der Waals surface area contributed by atoms with Gasteiger partial charge < -0.3 is 9.30 Å². The molecule has 0 spiro atoms. The third kappa shape index (κ3) is 4.91. The number of fused-ring (bicyclic) bond motifs is 1. The van der Waals surface area contributed by atoms with Crippen LogP contribution in [0.3, 0.4) is 0 Å². The van der Waals surface area contributed by atoms with Gasteiger partial charge >= 0.3 is 0 Å². The Morgan fingerprint density at radius 3 is 2.63 bits per heavy atom. The lowest BCUT2D eigenvalue weighted by Crippen LogP contribution is -1.99. The van der Waals surface area contributed by atoms with E-state index in [2.05, 4.69) is 113 Å². The number of rotatable bonds is 8. The molecule has 8 heteroatoms. The van der Waals surface area contributed by atoms with Crippen LogP contribution in [0.1, 0.15) is 20.7 Å². The van der Waals surface area contributed by atoms with Crippen molar-refractivity contribution in [3.63, 3.8) is 0 Å². The molecule has 3 aromatic carbocycles. The fourth-order valence-electron chi connectivity index (χ4n) is 4.65. The van der Waals surface area contributed by atoms with Gasteiger partial charge in [0.25, 0.3) is 0 Å². The van der Waals surface area contributed by atoms with E-state index in [9.17, 15) is 0 Å². The fourth-order valence-corrected chi connectivity index (χ4v) is 5.50. The van der Waals surface area contributed by atoms with Gasteiger partial charge in [-0.05, 0) is 52.6 Å². The Bertz CT molecular complexity index is 1690. The average molecular weight is 612 g/mol. The smallest absolute Gasteiger partial charge is 0.118 e. The van der Waals surface area contributed by atoms with Crippen LogP contribution in [0.5, 0.6) is 5.75 Å². The average Bonchev–Trinajstić information content (AvgIpc) is 3.66. The van der Waals surface area contributed by atoms with Crippen molar-refractivity contribution in [3.8, 4) is 28.4 Å². The number of hydrogen-bond donors (Lipinski definition) is 1. The molecule has 188 valence electrons. The molecule has 0 amide bonds. The number of imidazole rings is 1. The van der Waals surface area contributed by atoms with E-state index < -0.39 is 0 Å². The van der Waals surface area contributed by atoms with Crippen molar-refractivity contribution in [3.05, 3.63) is 114 Å². The summed E-state index contributed by atoms with van der Waals surface area (Å²) in [7, 11) is 1.67. The number of alkyl halides is 1. The monoisotopic (exact) mass is 612 g/mol. The van der Waals surface area contributed by atoms with Crippen LogP contribution in [0.15, 0.2) is 97.6 Å². The number of nitrogens with zero attached hydrogens (tertiary/aromatic N) is 5. The summed E-state index contributed by atoms with van der Waals surface area (Å²) in [5, 5.41) is 14.3. The molecule has 7 nitrogen and oxygen atoms in total. The Morgan fingerprint density at radius 1 is 0.921 bits per heavy atom. The molecule has 1 unspecified atom stereocenters. The fraction of sp³-hybridized carbons (Fsp3) is 0.133. The number of aryl methyl sites for hydroxylation is 2. The van der Waals surface area contributed by atoms with Crippen molar-refractivity contribution in [1.82, 2.24) is 29.9 Å². The summed E-state index contributed by atoms with van der Waals surface area (Å²) in [6, 6.07) is 27.0. The molecular weight excluding hydrogens is 587 g/mol. The van der Waals surface area contributed by atoms with E-state index in [1.165, 1.54) is 16.3 Å². The second kappa shape index (κ2) is 10.7. The summed E-state index contributed by atoms with van der Waals surface area (Å²) >= 11 is 2.39. The van der Waals surface area contributed by atoms with Crippen LogP contribution in [-0.4, -0.2) is 37.1 Å². The van der Waals surface area contributed by atoms with Gasteiger partial charge in [-0.15, -0.1) is 0 Å². The Hall–Kier alpha value is -4.05. The maximum absolute atomic E-state index is 5.29. The molecule has 1 atom stereocenters. The molecule has 0 bridgehead atoms. The number of pyridine rings is 1. The summed E-state index contributed by atoms with van der Waals surface area (Å²) in [5.41, 5.74) is 6.71. The van der Waals surface area contributed by atoms with Gasteiger partial charge in [0.2, 0.25) is 0 Å². The molecule has 0 aliphatic rings. The topological polar surface area (TPSA) is 81.5 Å². The predicted molar refractivity (Wildman–Crippen MR) is 157 cm³/mol. The van der Waals surface area contributed by atoms with Crippen molar-refractivity contribution in [2.24, 2.45) is 0 Å². The Kier molecular flexibility index (Phi) is 6.87. The van der Waals surface area contributed by atoms with Crippen molar-refractivity contribution in [2.45, 2.75) is 16.9 Å². The van der Waals surface area contributed by atoms with Gasteiger partial charge in [-0.2, -0.15) is 15.4 Å². The molecule has 38 heavy (non-hydrogen) atoms. The third-order valence-electron chi connectivity index (χ3n) is 6.67. The predicted octanol–water partition coefficient (Wildman–Crippen LogP) is 6.66. The maximum atomic E-state index is 5.29. The van der Waals surface area contributed by atoms with Gasteiger partial charge in [0.05, 0.1) is 23.1 Å². The molecule has 0 saturated heterocycles. The number of halogens is 1. The van der Waals surface area contributed by atoms with E-state index in [0.717, 1.165) is 52.6 Å². The maximum Gasteiger partial charge on any atom is 0.118 e. The zero-order valence-electron chi connectivity index (χ0n) is 20.8. The standard InChI is InChI=1S/C30H25IN6O/c1-38-24-11-9-22(10-12-24)28(31)30-29(34-36-35-30)23-13-15-32-26(17-23)27-18-37(19-33-27)16-14-21-7-4-6-20-5-2-3-8-25(20)21/h2-13,15,17-19,28H,14,16H2,1H3,(H,34,35,36). The first-order valence-electron chi connectivity index (χ1n) is 12.3. The number of nitrogens with one attached hydrogen (secondary N) is 1. The molecule has 6 aromatic rings. The summed E-state index contributed by atoms with van der Waals surface area (Å²) in [4.78, 5) is 9.24. The van der Waals surface area contributed by atoms with E-state index in [0.29, 0.717) is 0 Å². The highest BCUT2D eigenvalue weighted by atomic mass is 127. The van der Waals surface area contributed by atoms with Crippen LogP contribution in [0.2, 0.25) is 0 Å². The number of methoxy groups -OCH3 is 1. The van der Waals surface area contributed by atoms with Crippen molar-refractivity contribution in [1.29, 1.82) is 0 Å². The lowest BCUT2D eigenvalue weighted by Gasteiger charge is -2.10. The molecule has 1 N–H and O–H groups in total. The Morgan fingerprint density at radius 2 is 1.76 bits per heavy atom. The molecule has 3 heterocycles. The number of H-pyrrole nitrogens is 1. The second-order valence-corrected chi connectivity index (χ2v) is 10.3. The van der Waals surface area contributed by atoms with Gasteiger partial charge in [-0.1, -0.05) is 77.2 Å². The summed E-state index contributed by atoms with van der Waals surface area (Å²) in [6.45, 7) is 0.840. The van der Waals surface area contributed by atoms with E-state index in [4.69, 9.17) is 4.74 Å². The van der Waals surface area contributed by atoms with E-state index in [-0.39, 0.29) is 3.92 Å². The van der Waals surface area contributed by atoms with Crippen molar-refractivity contribution >= 4 is 33.4 Å². The summed E-state index contributed by atoms with van der Waals surface area (Å²) < 4.78 is 7.44. The number of ether oxygens (including phenoxy) is 1. The first kappa shape index (κ1) is 24.3. The first-order chi connectivity index (χ1) is 18.7. The van der Waals surface area contributed by atoms with Gasteiger partial charge in [-0.25, -0.2) is 4.98 Å². The first-order valence-corrected chi connectivity index (χ1v) is 13.6. The zero-order valence-corrected chi connectivity index (χ0v) is 22.9. The largest absolute Gasteiger partial charge is 0.497 e. The molecule has 0 saturated carbocycles. The van der Waals surface area contributed by atoms with Crippen LogP contribution < -0.4 is 4.74 Å². The quantitative estimate of drug-likeness (QED) is 0.154. The molecular formula is C30H25IN6O. The van der Waals surface area contributed by atoms with E-state index >= 15 is 0 Å². The van der Waals surface area contributed by atoms with E-state index in [1.807, 2.05) is 30.6 Å². The molecule has 0 aliphatic heterocycles. The molecule has 0 fully saturated rings. The molecule has 0 radical (unpaired) electrons. The Balaban J connectivity index is 1.21. The highest BCUT2D eigenvalue weighted by Crippen LogP contribution is 2.36. The van der Waals surface area contributed by atoms with Crippen LogP contribution in [0, 0.1) is 0 Å². The van der Waals surface area contributed by atoms with Crippen molar-refractivity contribution < 1.29 is 4.74 Å². The highest BCUT2D eigenvalue weighted by molar-refractivity contribution is 14.1.